The second-order valence-electron chi connectivity index (χ2n) is 7.22. The van der Waals surface area contributed by atoms with Gasteiger partial charge in [0.1, 0.15) is 11.6 Å². The van der Waals surface area contributed by atoms with E-state index in [0.29, 0.717) is 11.4 Å². The Hall–Kier alpha value is -2.85. The van der Waals surface area contributed by atoms with Gasteiger partial charge >= 0.3 is 0 Å². The zero-order chi connectivity index (χ0) is 19.3. The Morgan fingerprint density at radius 2 is 1.79 bits per heavy atom. The number of hydrogen-bond donors (Lipinski definition) is 0. The summed E-state index contributed by atoms with van der Waals surface area (Å²) in [4.78, 5) is 0. The molecule has 28 heavy (non-hydrogen) atoms. The van der Waals surface area contributed by atoms with Crippen LogP contribution in [0.25, 0.3) is 0 Å². The first-order chi connectivity index (χ1) is 13.6. The molecule has 2 aliphatic rings. The molecule has 0 aromatic heterocycles. The molecule has 5 rings (SSSR count). The van der Waals surface area contributed by atoms with Crippen molar-refractivity contribution in [2.24, 2.45) is 5.10 Å². The summed E-state index contributed by atoms with van der Waals surface area (Å²) in [5, 5.41) is 7.55. The summed E-state index contributed by atoms with van der Waals surface area (Å²) in [6, 6.07) is 20.5. The summed E-state index contributed by atoms with van der Waals surface area (Å²) in [6.45, 7) is 2.06. The van der Waals surface area contributed by atoms with Crippen molar-refractivity contribution >= 4 is 17.3 Å². The Kier molecular flexibility index (Phi) is 4.09. The maximum absolute atomic E-state index is 13.3. The number of hydrazone groups is 1. The minimum absolute atomic E-state index is 0.0220. The van der Waals surface area contributed by atoms with Gasteiger partial charge in [0.15, 0.2) is 0 Å². The van der Waals surface area contributed by atoms with Crippen molar-refractivity contribution in [1.82, 2.24) is 5.01 Å². The molecule has 5 heteroatoms. The number of aryl methyl sites for hydroxylation is 1. The molecule has 0 saturated heterocycles. The smallest absolute Gasteiger partial charge is 0.213 e. The molecule has 0 radical (unpaired) electrons. The van der Waals surface area contributed by atoms with Crippen molar-refractivity contribution in [3.8, 4) is 5.75 Å². The van der Waals surface area contributed by atoms with E-state index in [9.17, 15) is 4.39 Å². The molecule has 0 spiro atoms. The average molecular weight is 393 g/mol. The number of hydrogen-bond acceptors (Lipinski definition) is 3. The van der Waals surface area contributed by atoms with Crippen molar-refractivity contribution in [2.45, 2.75) is 25.6 Å². The number of ether oxygens (including phenoxy) is 1. The van der Waals surface area contributed by atoms with Gasteiger partial charge in [-0.15, -0.1) is 0 Å². The summed E-state index contributed by atoms with van der Waals surface area (Å²) in [5.74, 6) is 0.574. The van der Waals surface area contributed by atoms with Crippen LogP contribution in [-0.2, 0) is 0 Å². The second kappa shape index (κ2) is 6.64. The van der Waals surface area contributed by atoms with E-state index in [2.05, 4.69) is 31.2 Å². The van der Waals surface area contributed by atoms with Crippen LogP contribution in [0.15, 0.2) is 71.8 Å². The fourth-order valence-corrected chi connectivity index (χ4v) is 4.01. The lowest BCUT2D eigenvalue weighted by Crippen LogP contribution is -2.33. The van der Waals surface area contributed by atoms with Gasteiger partial charge in [0.05, 0.1) is 11.8 Å². The fraction of sp³-hybridized carbons (Fsp3) is 0.174. The zero-order valence-electron chi connectivity index (χ0n) is 15.3. The summed E-state index contributed by atoms with van der Waals surface area (Å²) in [7, 11) is 0. The molecule has 0 aliphatic carbocycles. The van der Waals surface area contributed by atoms with Gasteiger partial charge in [0.2, 0.25) is 6.23 Å². The number of fused-ring (bicyclic) bond motifs is 3. The van der Waals surface area contributed by atoms with Gasteiger partial charge in [0, 0.05) is 22.6 Å². The Labute approximate surface area is 168 Å². The fourth-order valence-electron chi connectivity index (χ4n) is 3.83. The van der Waals surface area contributed by atoms with Crippen molar-refractivity contribution < 1.29 is 9.13 Å². The van der Waals surface area contributed by atoms with E-state index in [0.717, 1.165) is 28.2 Å². The van der Waals surface area contributed by atoms with Crippen LogP contribution in [0.4, 0.5) is 4.39 Å². The van der Waals surface area contributed by atoms with Gasteiger partial charge < -0.3 is 4.74 Å². The van der Waals surface area contributed by atoms with Crippen molar-refractivity contribution in [3.05, 3.63) is 99.8 Å². The minimum Gasteiger partial charge on any atom is -0.464 e. The van der Waals surface area contributed by atoms with E-state index in [1.807, 2.05) is 23.2 Å². The van der Waals surface area contributed by atoms with E-state index >= 15 is 0 Å². The third kappa shape index (κ3) is 2.94. The molecule has 0 saturated carbocycles. The van der Waals surface area contributed by atoms with Crippen LogP contribution in [-0.4, -0.2) is 10.7 Å². The van der Waals surface area contributed by atoms with Gasteiger partial charge in [-0.3, -0.25) is 0 Å². The molecule has 0 fully saturated rings. The SMILES string of the molecule is Cc1ccc(C2Oc3ccc(Cl)cc3C3CC(c4ccc(F)cc4)=NN32)cc1. The number of nitrogens with zero attached hydrogens (tertiary/aromatic N) is 2. The predicted molar refractivity (Wildman–Crippen MR) is 108 cm³/mol. The number of rotatable bonds is 2. The van der Waals surface area contributed by atoms with Crippen molar-refractivity contribution in [3.63, 3.8) is 0 Å². The Bertz CT molecular complexity index is 1060. The molecule has 2 heterocycles. The first-order valence-corrected chi connectivity index (χ1v) is 9.61. The lowest BCUT2D eigenvalue weighted by molar-refractivity contribution is -0.0190. The Morgan fingerprint density at radius 1 is 1.04 bits per heavy atom. The summed E-state index contributed by atoms with van der Waals surface area (Å²) >= 11 is 6.26. The zero-order valence-corrected chi connectivity index (χ0v) is 16.0. The van der Waals surface area contributed by atoms with Crippen molar-refractivity contribution in [1.29, 1.82) is 0 Å². The van der Waals surface area contributed by atoms with Gasteiger partial charge in [-0.25, -0.2) is 9.40 Å². The van der Waals surface area contributed by atoms with Crippen LogP contribution in [0.2, 0.25) is 5.02 Å². The van der Waals surface area contributed by atoms with E-state index in [-0.39, 0.29) is 18.1 Å². The van der Waals surface area contributed by atoms with Gasteiger partial charge in [-0.1, -0.05) is 53.6 Å². The van der Waals surface area contributed by atoms with Crippen LogP contribution < -0.4 is 4.74 Å². The van der Waals surface area contributed by atoms with Gasteiger partial charge in [0.25, 0.3) is 0 Å². The molecular weight excluding hydrogens is 375 g/mol. The molecule has 3 aromatic carbocycles. The Balaban J connectivity index is 1.59. The van der Waals surface area contributed by atoms with Crippen LogP contribution in [0.5, 0.6) is 5.75 Å². The highest BCUT2D eigenvalue weighted by Crippen LogP contribution is 2.48. The monoisotopic (exact) mass is 392 g/mol. The first kappa shape index (κ1) is 17.3. The molecule has 3 aromatic rings. The molecular formula is C23H18ClFN2O. The third-order valence-electron chi connectivity index (χ3n) is 5.29. The van der Waals surface area contributed by atoms with E-state index in [4.69, 9.17) is 21.4 Å². The quantitative estimate of drug-likeness (QED) is 0.532. The highest BCUT2D eigenvalue weighted by Gasteiger charge is 2.41. The summed E-state index contributed by atoms with van der Waals surface area (Å²) in [6.07, 6.45) is 0.391. The highest BCUT2D eigenvalue weighted by atomic mass is 35.5. The molecule has 0 N–H and O–H groups in total. The summed E-state index contributed by atoms with van der Waals surface area (Å²) in [5.41, 5.74) is 5.10. The molecule has 0 amide bonds. The van der Waals surface area contributed by atoms with Gasteiger partial charge in [-0.2, -0.15) is 5.10 Å². The topological polar surface area (TPSA) is 24.8 Å². The maximum Gasteiger partial charge on any atom is 0.213 e. The van der Waals surface area contributed by atoms with E-state index < -0.39 is 0 Å². The van der Waals surface area contributed by atoms with Gasteiger partial charge in [-0.05, 0) is 42.8 Å². The molecule has 140 valence electrons. The first-order valence-electron chi connectivity index (χ1n) is 9.23. The van der Waals surface area contributed by atoms with Crippen LogP contribution >= 0.6 is 11.6 Å². The molecule has 2 unspecified atom stereocenters. The van der Waals surface area contributed by atoms with Crippen LogP contribution in [0, 0.1) is 12.7 Å². The Morgan fingerprint density at radius 3 is 2.54 bits per heavy atom. The normalized spacial score (nSPS) is 20.2. The second-order valence-corrected chi connectivity index (χ2v) is 7.65. The van der Waals surface area contributed by atoms with E-state index in [1.54, 1.807) is 12.1 Å². The largest absolute Gasteiger partial charge is 0.464 e. The standard InChI is InChI=1S/C23H18ClFN2O/c1-14-2-4-16(5-3-14)23-27-21(19-12-17(24)8-11-22(19)28-23)13-20(26-27)15-6-9-18(25)10-7-15/h2-12,21,23H,13H2,1H3. The number of benzene rings is 3. The third-order valence-corrected chi connectivity index (χ3v) is 5.53. The lowest BCUT2D eigenvalue weighted by atomic mass is 9.96. The van der Waals surface area contributed by atoms with Crippen molar-refractivity contribution in [2.75, 3.05) is 0 Å². The molecule has 3 nitrogen and oxygen atoms in total. The number of halogens is 2. The lowest BCUT2D eigenvalue weighted by Gasteiger charge is -2.38. The van der Waals surface area contributed by atoms with Crippen LogP contribution in [0.3, 0.4) is 0 Å². The van der Waals surface area contributed by atoms with Crippen LogP contribution in [0.1, 0.15) is 40.9 Å². The highest BCUT2D eigenvalue weighted by molar-refractivity contribution is 6.30. The summed E-state index contributed by atoms with van der Waals surface area (Å²) < 4.78 is 19.7. The maximum atomic E-state index is 13.3. The molecule has 0 bridgehead atoms. The predicted octanol–water partition coefficient (Wildman–Crippen LogP) is 6.03. The molecule has 2 atom stereocenters. The average Bonchev–Trinajstić information content (AvgIpc) is 3.14. The van der Waals surface area contributed by atoms with E-state index in [1.165, 1.54) is 17.7 Å². The molecule has 2 aliphatic heterocycles. The minimum atomic E-state index is -0.322.